The molecule has 0 aliphatic rings. The number of nitrogens with one attached hydrogen (secondary N) is 1. The van der Waals surface area contributed by atoms with Gasteiger partial charge in [-0.1, -0.05) is 18.2 Å². The Morgan fingerprint density at radius 2 is 1.75 bits per heavy atom. The first-order valence-electron chi connectivity index (χ1n) is 5.63. The Morgan fingerprint density at radius 3 is 2.35 bits per heavy atom. The van der Waals surface area contributed by atoms with Crippen molar-refractivity contribution in [1.29, 1.82) is 15.8 Å². The molecule has 0 saturated heterocycles. The average Bonchev–Trinajstić information content (AvgIpc) is 3.02. The minimum Gasteiger partial charge on any atom is -0.345 e. The molecule has 0 bridgehead atoms. The zero-order valence-corrected chi connectivity index (χ0v) is 11.1. The fourth-order valence-electron chi connectivity index (χ4n) is 1.68. The number of thiophene rings is 1. The van der Waals surface area contributed by atoms with E-state index in [1.54, 1.807) is 29.5 Å². The van der Waals surface area contributed by atoms with Gasteiger partial charge in [-0.15, -0.1) is 0 Å². The molecule has 0 spiro atoms. The number of rotatable bonds is 3. The molecule has 0 amide bonds. The van der Waals surface area contributed by atoms with E-state index in [-0.39, 0.29) is 11.3 Å². The normalized spacial score (nSPS) is 8.85. The number of nitrogens with zero attached hydrogens (tertiary/aromatic N) is 3. The lowest BCUT2D eigenvalue weighted by molar-refractivity contribution is 1.37. The highest BCUT2D eigenvalue weighted by atomic mass is 32.1. The number of anilines is 1. The van der Waals surface area contributed by atoms with E-state index in [4.69, 9.17) is 15.8 Å². The Hall–Kier alpha value is -3.07. The summed E-state index contributed by atoms with van der Waals surface area (Å²) in [6, 6.07) is 14.7. The fourth-order valence-corrected chi connectivity index (χ4v) is 2.34. The Bertz CT molecular complexity index is 751. The molecule has 2 rings (SSSR count). The monoisotopic (exact) mass is 276 g/mol. The zero-order valence-electron chi connectivity index (χ0n) is 10.3. The molecule has 2 aromatic rings. The number of benzene rings is 1. The summed E-state index contributed by atoms with van der Waals surface area (Å²) < 4.78 is 0. The van der Waals surface area contributed by atoms with Crippen molar-refractivity contribution in [3.05, 3.63) is 52.4 Å². The first-order chi connectivity index (χ1) is 9.80. The maximum absolute atomic E-state index is 9.07. The van der Waals surface area contributed by atoms with Crippen LogP contribution in [0.5, 0.6) is 0 Å². The molecule has 0 atom stereocenters. The van der Waals surface area contributed by atoms with Crippen LogP contribution in [0.2, 0.25) is 0 Å². The van der Waals surface area contributed by atoms with Gasteiger partial charge in [0.15, 0.2) is 5.57 Å². The van der Waals surface area contributed by atoms with Crippen LogP contribution in [0.3, 0.4) is 0 Å². The molecule has 0 aliphatic heterocycles. The molecular weight excluding hydrogens is 268 g/mol. The van der Waals surface area contributed by atoms with Crippen molar-refractivity contribution in [2.75, 3.05) is 5.32 Å². The minimum absolute atomic E-state index is 0.0438. The highest BCUT2D eigenvalue weighted by Gasteiger charge is 2.10. The summed E-state index contributed by atoms with van der Waals surface area (Å²) in [6.07, 6.45) is 0. The van der Waals surface area contributed by atoms with Crippen LogP contribution in [0.1, 0.15) is 0 Å². The number of nitriles is 3. The van der Waals surface area contributed by atoms with E-state index in [1.807, 2.05) is 41.1 Å². The molecule has 0 fully saturated rings. The van der Waals surface area contributed by atoms with Crippen molar-refractivity contribution in [2.45, 2.75) is 0 Å². The zero-order chi connectivity index (χ0) is 14.4. The van der Waals surface area contributed by atoms with Crippen LogP contribution in [0, 0.1) is 34.0 Å². The van der Waals surface area contributed by atoms with Crippen LogP contribution >= 0.6 is 11.3 Å². The second-order valence-electron chi connectivity index (χ2n) is 3.77. The SMILES string of the molecule is N#CC(C#N)=C(C#N)Nc1ccccc1-c1ccsc1. The van der Waals surface area contributed by atoms with Crippen LogP contribution in [-0.4, -0.2) is 0 Å². The van der Waals surface area contributed by atoms with Crippen LogP contribution in [0.25, 0.3) is 11.1 Å². The van der Waals surface area contributed by atoms with Gasteiger partial charge in [-0.2, -0.15) is 27.1 Å². The highest BCUT2D eigenvalue weighted by Crippen LogP contribution is 2.30. The van der Waals surface area contributed by atoms with Gasteiger partial charge in [-0.3, -0.25) is 0 Å². The first kappa shape index (κ1) is 13.4. The standard InChI is InChI=1S/C15H8N4S/c16-7-12(8-17)15(9-18)19-14-4-2-1-3-13(14)11-5-6-20-10-11/h1-6,10,19H. The molecule has 0 aliphatic carbocycles. The molecular formula is C15H8N4S. The first-order valence-corrected chi connectivity index (χ1v) is 6.57. The summed E-state index contributed by atoms with van der Waals surface area (Å²) in [5, 5.41) is 33.6. The maximum atomic E-state index is 9.07. The Kier molecular flexibility index (Phi) is 4.14. The van der Waals surface area contributed by atoms with Crippen LogP contribution in [0.15, 0.2) is 52.4 Å². The van der Waals surface area contributed by atoms with E-state index in [9.17, 15) is 0 Å². The second-order valence-corrected chi connectivity index (χ2v) is 4.55. The van der Waals surface area contributed by atoms with Crippen molar-refractivity contribution < 1.29 is 0 Å². The number of para-hydroxylation sites is 1. The minimum atomic E-state index is -0.229. The Morgan fingerprint density at radius 1 is 1.00 bits per heavy atom. The number of hydrogen-bond donors (Lipinski definition) is 1. The lowest BCUT2D eigenvalue weighted by Crippen LogP contribution is -2.01. The summed E-state index contributed by atoms with van der Waals surface area (Å²) in [6.45, 7) is 0. The third-order valence-electron chi connectivity index (χ3n) is 2.60. The van der Waals surface area contributed by atoms with Crippen molar-refractivity contribution >= 4 is 17.0 Å². The van der Waals surface area contributed by atoms with Crippen LogP contribution in [-0.2, 0) is 0 Å². The topological polar surface area (TPSA) is 83.4 Å². The van der Waals surface area contributed by atoms with Gasteiger partial charge in [0.2, 0.25) is 0 Å². The number of hydrogen-bond acceptors (Lipinski definition) is 5. The quantitative estimate of drug-likeness (QED) is 0.867. The smallest absolute Gasteiger partial charge is 0.163 e. The third kappa shape index (κ3) is 2.67. The predicted molar refractivity (Wildman–Crippen MR) is 77.2 cm³/mol. The van der Waals surface area contributed by atoms with Gasteiger partial charge in [0, 0.05) is 11.3 Å². The summed E-state index contributed by atoms with van der Waals surface area (Å²) in [5.74, 6) is 0. The van der Waals surface area contributed by atoms with Gasteiger partial charge < -0.3 is 5.32 Å². The Labute approximate surface area is 120 Å². The average molecular weight is 276 g/mol. The van der Waals surface area contributed by atoms with E-state index in [1.165, 1.54) is 0 Å². The molecule has 0 saturated carbocycles. The fraction of sp³-hybridized carbons (Fsp3) is 0. The summed E-state index contributed by atoms with van der Waals surface area (Å²) in [7, 11) is 0. The largest absolute Gasteiger partial charge is 0.345 e. The predicted octanol–water partition coefficient (Wildman–Crippen LogP) is 3.65. The van der Waals surface area contributed by atoms with Gasteiger partial charge in [0.1, 0.15) is 23.9 Å². The molecule has 1 N–H and O–H groups in total. The van der Waals surface area contributed by atoms with Gasteiger partial charge in [-0.25, -0.2) is 0 Å². The van der Waals surface area contributed by atoms with Gasteiger partial charge >= 0.3 is 0 Å². The maximum Gasteiger partial charge on any atom is 0.163 e. The van der Waals surface area contributed by atoms with E-state index < -0.39 is 0 Å². The van der Waals surface area contributed by atoms with Crippen molar-refractivity contribution in [3.8, 4) is 29.3 Å². The summed E-state index contributed by atoms with van der Waals surface area (Å²) in [5.41, 5.74) is 2.35. The molecule has 0 radical (unpaired) electrons. The molecule has 1 aromatic carbocycles. The molecule has 1 heterocycles. The lowest BCUT2D eigenvalue weighted by Gasteiger charge is -2.10. The van der Waals surface area contributed by atoms with Crippen molar-refractivity contribution in [1.82, 2.24) is 0 Å². The molecule has 94 valence electrons. The lowest BCUT2D eigenvalue weighted by atomic mass is 10.1. The molecule has 4 nitrogen and oxygen atoms in total. The molecule has 5 heteroatoms. The van der Waals surface area contributed by atoms with E-state index in [2.05, 4.69) is 5.32 Å². The Balaban J connectivity index is 2.47. The highest BCUT2D eigenvalue weighted by molar-refractivity contribution is 7.08. The van der Waals surface area contributed by atoms with Crippen LogP contribution < -0.4 is 5.32 Å². The van der Waals surface area contributed by atoms with Gasteiger partial charge in [-0.05, 0) is 28.5 Å². The van der Waals surface area contributed by atoms with Gasteiger partial charge in [0.05, 0.1) is 0 Å². The molecule has 20 heavy (non-hydrogen) atoms. The van der Waals surface area contributed by atoms with Crippen molar-refractivity contribution in [2.24, 2.45) is 0 Å². The van der Waals surface area contributed by atoms with E-state index >= 15 is 0 Å². The third-order valence-corrected chi connectivity index (χ3v) is 3.29. The number of allylic oxidation sites excluding steroid dienone is 2. The van der Waals surface area contributed by atoms with E-state index in [0.29, 0.717) is 5.69 Å². The van der Waals surface area contributed by atoms with Crippen molar-refractivity contribution in [3.63, 3.8) is 0 Å². The van der Waals surface area contributed by atoms with Gasteiger partial charge in [0.25, 0.3) is 0 Å². The molecule has 0 unspecified atom stereocenters. The van der Waals surface area contributed by atoms with E-state index in [0.717, 1.165) is 11.1 Å². The summed E-state index contributed by atoms with van der Waals surface area (Å²) in [4.78, 5) is 0. The second kappa shape index (κ2) is 6.20. The molecule has 1 aromatic heterocycles. The van der Waals surface area contributed by atoms with Crippen LogP contribution in [0.4, 0.5) is 5.69 Å². The summed E-state index contributed by atoms with van der Waals surface area (Å²) >= 11 is 1.57.